The van der Waals surface area contributed by atoms with Crippen LogP contribution in [-0.4, -0.2) is 11.0 Å². The summed E-state index contributed by atoms with van der Waals surface area (Å²) in [6.07, 6.45) is 7.36. The molecule has 1 aromatic heterocycles. The molecule has 2 rings (SSSR count). The lowest BCUT2D eigenvalue weighted by atomic mass is 10.2. The molecule has 0 aliphatic heterocycles. The summed E-state index contributed by atoms with van der Waals surface area (Å²) in [5.41, 5.74) is 7.25. The first-order valence-corrected chi connectivity index (χ1v) is 5.07. The first-order chi connectivity index (χ1) is 5.84. The molecule has 0 radical (unpaired) electrons. The standard InChI is InChI=1S/C9H12N2S/c10-8-2-1-7(5-8)6-9-11-3-4-12-9/h3-4,6,8H,1-2,5,10H2/b7-6-. The second kappa shape index (κ2) is 3.37. The van der Waals surface area contributed by atoms with Crippen molar-refractivity contribution in [1.82, 2.24) is 4.98 Å². The monoisotopic (exact) mass is 180 g/mol. The van der Waals surface area contributed by atoms with Gasteiger partial charge in [-0.2, -0.15) is 0 Å². The average molecular weight is 180 g/mol. The zero-order valence-corrected chi connectivity index (χ0v) is 7.68. The van der Waals surface area contributed by atoms with Crippen LogP contribution < -0.4 is 5.73 Å². The Labute approximate surface area is 76.1 Å². The van der Waals surface area contributed by atoms with Gasteiger partial charge in [-0.25, -0.2) is 4.98 Å². The summed E-state index contributed by atoms with van der Waals surface area (Å²) >= 11 is 1.68. The molecule has 1 aliphatic rings. The van der Waals surface area contributed by atoms with Crippen LogP contribution in [0.1, 0.15) is 24.3 Å². The largest absolute Gasteiger partial charge is 0.327 e. The average Bonchev–Trinajstić information content (AvgIpc) is 2.63. The van der Waals surface area contributed by atoms with Crippen LogP contribution in [-0.2, 0) is 0 Å². The van der Waals surface area contributed by atoms with Crippen molar-refractivity contribution >= 4 is 17.4 Å². The zero-order valence-electron chi connectivity index (χ0n) is 6.86. The van der Waals surface area contributed by atoms with Gasteiger partial charge in [-0.3, -0.25) is 0 Å². The number of hydrogen-bond donors (Lipinski definition) is 1. The van der Waals surface area contributed by atoms with Crippen molar-refractivity contribution < 1.29 is 0 Å². The van der Waals surface area contributed by atoms with E-state index in [9.17, 15) is 0 Å². The van der Waals surface area contributed by atoms with Crippen LogP contribution in [0.2, 0.25) is 0 Å². The zero-order chi connectivity index (χ0) is 8.39. The summed E-state index contributed by atoms with van der Waals surface area (Å²) < 4.78 is 0. The summed E-state index contributed by atoms with van der Waals surface area (Å²) in [6, 6.07) is 0.385. The molecule has 2 nitrogen and oxygen atoms in total. The van der Waals surface area contributed by atoms with Crippen molar-refractivity contribution in [3.63, 3.8) is 0 Å². The molecule has 1 heterocycles. The number of nitrogens with two attached hydrogens (primary N) is 1. The number of thiazole rings is 1. The van der Waals surface area contributed by atoms with Gasteiger partial charge in [0.1, 0.15) is 5.01 Å². The Kier molecular flexibility index (Phi) is 2.23. The van der Waals surface area contributed by atoms with E-state index >= 15 is 0 Å². The number of hydrogen-bond acceptors (Lipinski definition) is 3. The Hall–Kier alpha value is -0.670. The fraction of sp³-hybridized carbons (Fsp3) is 0.444. The van der Waals surface area contributed by atoms with E-state index in [0.717, 1.165) is 24.3 Å². The summed E-state index contributed by atoms with van der Waals surface area (Å²) in [5, 5.41) is 3.11. The third kappa shape index (κ3) is 1.73. The summed E-state index contributed by atoms with van der Waals surface area (Å²) in [7, 11) is 0. The molecule has 3 heteroatoms. The van der Waals surface area contributed by atoms with Crippen LogP contribution in [0.3, 0.4) is 0 Å². The predicted molar refractivity (Wildman–Crippen MR) is 51.9 cm³/mol. The van der Waals surface area contributed by atoms with E-state index in [-0.39, 0.29) is 0 Å². The van der Waals surface area contributed by atoms with Crippen molar-refractivity contribution in [3.05, 3.63) is 22.2 Å². The minimum Gasteiger partial charge on any atom is -0.327 e. The summed E-state index contributed by atoms with van der Waals surface area (Å²) in [5.74, 6) is 0. The van der Waals surface area contributed by atoms with Gasteiger partial charge in [0.15, 0.2) is 0 Å². The van der Waals surface area contributed by atoms with Gasteiger partial charge in [0.25, 0.3) is 0 Å². The van der Waals surface area contributed by atoms with E-state index in [4.69, 9.17) is 5.73 Å². The molecule has 1 fully saturated rings. The minimum absolute atomic E-state index is 0.385. The Balaban J connectivity index is 2.10. The van der Waals surface area contributed by atoms with Gasteiger partial charge in [-0.15, -0.1) is 11.3 Å². The highest BCUT2D eigenvalue weighted by Gasteiger charge is 2.14. The molecule has 0 saturated heterocycles. The normalized spacial score (nSPS) is 26.8. The van der Waals surface area contributed by atoms with E-state index in [1.165, 1.54) is 5.57 Å². The number of nitrogens with zero attached hydrogens (tertiary/aromatic N) is 1. The highest BCUT2D eigenvalue weighted by molar-refractivity contribution is 7.10. The topological polar surface area (TPSA) is 38.9 Å². The van der Waals surface area contributed by atoms with Crippen molar-refractivity contribution in [2.45, 2.75) is 25.3 Å². The van der Waals surface area contributed by atoms with Crippen molar-refractivity contribution in [2.75, 3.05) is 0 Å². The van der Waals surface area contributed by atoms with E-state index in [0.29, 0.717) is 6.04 Å². The van der Waals surface area contributed by atoms with Crippen molar-refractivity contribution in [3.8, 4) is 0 Å². The maximum absolute atomic E-state index is 5.80. The van der Waals surface area contributed by atoms with Crippen LogP contribution in [0.4, 0.5) is 0 Å². The highest BCUT2D eigenvalue weighted by Crippen LogP contribution is 2.25. The molecule has 0 aromatic carbocycles. The molecule has 0 spiro atoms. The lowest BCUT2D eigenvalue weighted by Gasteiger charge is -1.95. The quantitative estimate of drug-likeness (QED) is 0.718. The van der Waals surface area contributed by atoms with Gasteiger partial charge in [0, 0.05) is 17.6 Å². The fourth-order valence-electron chi connectivity index (χ4n) is 1.52. The van der Waals surface area contributed by atoms with E-state index in [2.05, 4.69) is 11.1 Å². The SMILES string of the molecule is NC1CC/C(=C/c2nccs2)C1. The number of rotatable bonds is 1. The molecule has 2 N–H and O–H groups in total. The van der Waals surface area contributed by atoms with Crippen LogP contribution in [0, 0.1) is 0 Å². The Morgan fingerprint density at radius 3 is 3.17 bits per heavy atom. The second-order valence-electron chi connectivity index (χ2n) is 3.18. The molecular formula is C9H12N2S. The summed E-state index contributed by atoms with van der Waals surface area (Å²) in [4.78, 5) is 4.21. The smallest absolute Gasteiger partial charge is 0.115 e. The first kappa shape index (κ1) is 7.95. The minimum atomic E-state index is 0.385. The third-order valence-electron chi connectivity index (χ3n) is 2.14. The van der Waals surface area contributed by atoms with Crippen molar-refractivity contribution in [2.24, 2.45) is 5.73 Å². The number of aromatic nitrogens is 1. The fourth-order valence-corrected chi connectivity index (χ4v) is 2.14. The van der Waals surface area contributed by atoms with Crippen LogP contribution in [0.5, 0.6) is 0 Å². The highest BCUT2D eigenvalue weighted by atomic mass is 32.1. The van der Waals surface area contributed by atoms with E-state index in [1.807, 2.05) is 11.6 Å². The maximum Gasteiger partial charge on any atom is 0.115 e. The molecule has 64 valence electrons. The molecule has 1 aliphatic carbocycles. The van der Waals surface area contributed by atoms with Gasteiger partial charge in [0.05, 0.1) is 0 Å². The molecule has 12 heavy (non-hydrogen) atoms. The predicted octanol–water partition coefficient (Wildman–Crippen LogP) is 2.04. The van der Waals surface area contributed by atoms with Crippen LogP contribution >= 0.6 is 11.3 Å². The molecule has 0 amide bonds. The molecule has 0 bridgehead atoms. The lowest BCUT2D eigenvalue weighted by Crippen LogP contribution is -2.13. The van der Waals surface area contributed by atoms with Crippen LogP contribution in [0.15, 0.2) is 17.2 Å². The molecule has 1 saturated carbocycles. The van der Waals surface area contributed by atoms with Crippen LogP contribution in [0.25, 0.3) is 6.08 Å². The molecule has 1 unspecified atom stereocenters. The Bertz CT molecular complexity index is 277. The third-order valence-corrected chi connectivity index (χ3v) is 2.86. The van der Waals surface area contributed by atoms with Gasteiger partial charge >= 0.3 is 0 Å². The maximum atomic E-state index is 5.80. The van der Waals surface area contributed by atoms with E-state index in [1.54, 1.807) is 11.3 Å². The first-order valence-electron chi connectivity index (χ1n) is 4.19. The van der Waals surface area contributed by atoms with E-state index < -0.39 is 0 Å². The Morgan fingerprint density at radius 1 is 1.67 bits per heavy atom. The second-order valence-corrected chi connectivity index (χ2v) is 4.10. The molecular weight excluding hydrogens is 168 g/mol. The van der Waals surface area contributed by atoms with Gasteiger partial charge < -0.3 is 5.73 Å². The van der Waals surface area contributed by atoms with Gasteiger partial charge in [0.2, 0.25) is 0 Å². The van der Waals surface area contributed by atoms with Gasteiger partial charge in [-0.1, -0.05) is 5.57 Å². The lowest BCUT2D eigenvalue weighted by molar-refractivity contribution is 0.711. The van der Waals surface area contributed by atoms with Gasteiger partial charge in [-0.05, 0) is 25.3 Å². The molecule has 1 aromatic rings. The van der Waals surface area contributed by atoms with Crippen molar-refractivity contribution in [1.29, 1.82) is 0 Å². The summed E-state index contributed by atoms with van der Waals surface area (Å²) in [6.45, 7) is 0. The molecule has 1 atom stereocenters. The Morgan fingerprint density at radius 2 is 2.58 bits per heavy atom.